The number of ether oxygens (including phenoxy) is 1. The van der Waals surface area contributed by atoms with Crippen molar-refractivity contribution in [3.05, 3.63) is 35.9 Å². The first-order valence-corrected chi connectivity index (χ1v) is 7.89. The summed E-state index contributed by atoms with van der Waals surface area (Å²) in [6.45, 7) is 2.53. The molecule has 0 spiro atoms. The maximum atomic E-state index is 11.8. The fourth-order valence-electron chi connectivity index (χ4n) is 1.95. The lowest BCUT2D eigenvalue weighted by Gasteiger charge is -2.06. The van der Waals surface area contributed by atoms with E-state index in [1.54, 1.807) is 19.1 Å². The Bertz CT molecular complexity index is 503. The van der Waals surface area contributed by atoms with Crippen LogP contribution in [0.4, 0.5) is 0 Å². The Morgan fingerprint density at radius 3 is 2.43 bits per heavy atom. The highest BCUT2D eigenvalue weighted by atomic mass is 16.5. The van der Waals surface area contributed by atoms with E-state index in [9.17, 15) is 14.4 Å². The molecule has 0 aromatic heterocycles. The Morgan fingerprint density at radius 2 is 1.74 bits per heavy atom. The lowest BCUT2D eigenvalue weighted by Crippen LogP contribution is -2.30. The van der Waals surface area contributed by atoms with Crippen molar-refractivity contribution in [2.45, 2.75) is 32.6 Å². The van der Waals surface area contributed by atoms with Crippen molar-refractivity contribution < 1.29 is 19.1 Å². The van der Waals surface area contributed by atoms with Gasteiger partial charge in [-0.2, -0.15) is 0 Å². The van der Waals surface area contributed by atoms with Crippen molar-refractivity contribution in [3.63, 3.8) is 0 Å². The summed E-state index contributed by atoms with van der Waals surface area (Å²) in [6.07, 6.45) is 2.73. The van der Waals surface area contributed by atoms with Gasteiger partial charge in [0.2, 0.25) is 5.91 Å². The summed E-state index contributed by atoms with van der Waals surface area (Å²) in [7, 11) is 0. The second-order valence-electron chi connectivity index (χ2n) is 5.01. The third kappa shape index (κ3) is 8.60. The molecule has 0 saturated heterocycles. The number of nitrogens with one attached hydrogen (secondary N) is 2. The summed E-state index contributed by atoms with van der Waals surface area (Å²) in [5.41, 5.74) is 0.644. The highest BCUT2D eigenvalue weighted by Crippen LogP contribution is 2.01. The molecule has 0 unspecified atom stereocenters. The van der Waals surface area contributed by atoms with Gasteiger partial charge in [0, 0.05) is 18.5 Å². The summed E-state index contributed by atoms with van der Waals surface area (Å²) in [6, 6.07) is 9.05. The van der Waals surface area contributed by atoms with E-state index in [1.165, 1.54) is 0 Å². The van der Waals surface area contributed by atoms with Gasteiger partial charge < -0.3 is 15.4 Å². The third-order valence-corrected chi connectivity index (χ3v) is 3.14. The molecule has 6 nitrogen and oxygen atoms in total. The largest absolute Gasteiger partial charge is 0.465 e. The molecule has 0 aliphatic heterocycles. The minimum Gasteiger partial charge on any atom is -0.465 e. The molecule has 1 rings (SSSR count). The molecule has 1 aromatic carbocycles. The van der Waals surface area contributed by atoms with E-state index < -0.39 is 5.97 Å². The third-order valence-electron chi connectivity index (χ3n) is 3.14. The van der Waals surface area contributed by atoms with Gasteiger partial charge >= 0.3 is 5.97 Å². The molecule has 0 aliphatic rings. The molecular weight excluding hydrogens is 296 g/mol. The molecule has 0 bridgehead atoms. The van der Waals surface area contributed by atoms with Crippen LogP contribution in [0.5, 0.6) is 0 Å². The Hall–Kier alpha value is -2.37. The number of benzene rings is 1. The smallest absolute Gasteiger partial charge is 0.325 e. The van der Waals surface area contributed by atoms with E-state index in [0.717, 1.165) is 19.3 Å². The summed E-state index contributed by atoms with van der Waals surface area (Å²) in [5.74, 6) is -0.673. The molecule has 6 heteroatoms. The Morgan fingerprint density at radius 1 is 1.00 bits per heavy atom. The van der Waals surface area contributed by atoms with E-state index >= 15 is 0 Å². The molecule has 126 valence electrons. The first-order chi connectivity index (χ1) is 11.1. The topological polar surface area (TPSA) is 84.5 Å². The van der Waals surface area contributed by atoms with Gasteiger partial charge in [-0.1, -0.05) is 24.6 Å². The van der Waals surface area contributed by atoms with Gasteiger partial charge in [0.1, 0.15) is 6.54 Å². The van der Waals surface area contributed by atoms with Crippen LogP contribution in [0.1, 0.15) is 43.0 Å². The molecule has 23 heavy (non-hydrogen) atoms. The van der Waals surface area contributed by atoms with Gasteiger partial charge in [-0.25, -0.2) is 0 Å². The normalized spacial score (nSPS) is 9.96. The number of unbranched alkanes of at least 4 members (excludes halogenated alkanes) is 2. The summed E-state index contributed by atoms with van der Waals surface area (Å²) < 4.78 is 4.71. The zero-order valence-corrected chi connectivity index (χ0v) is 13.5. The second-order valence-corrected chi connectivity index (χ2v) is 5.01. The van der Waals surface area contributed by atoms with E-state index in [0.29, 0.717) is 25.1 Å². The van der Waals surface area contributed by atoms with Gasteiger partial charge in [-0.05, 0) is 31.9 Å². The molecule has 2 amide bonds. The zero-order chi connectivity index (χ0) is 16.9. The van der Waals surface area contributed by atoms with Crippen LogP contribution < -0.4 is 10.6 Å². The van der Waals surface area contributed by atoms with Crippen LogP contribution in [0.15, 0.2) is 30.3 Å². The lowest BCUT2D eigenvalue weighted by atomic mass is 10.1. The Kier molecular flexibility index (Phi) is 9.12. The SMILES string of the molecule is CCOC(=O)CNC(=O)CCCCCNC(=O)c1ccccc1. The van der Waals surface area contributed by atoms with Crippen LogP contribution in [-0.2, 0) is 14.3 Å². The van der Waals surface area contributed by atoms with Crippen LogP contribution in [-0.4, -0.2) is 37.5 Å². The summed E-state index contributed by atoms with van der Waals surface area (Å²) in [4.78, 5) is 34.3. The molecule has 0 heterocycles. The van der Waals surface area contributed by atoms with Crippen molar-refractivity contribution in [2.24, 2.45) is 0 Å². The molecular formula is C17H24N2O4. The van der Waals surface area contributed by atoms with Gasteiger partial charge in [0.25, 0.3) is 5.91 Å². The van der Waals surface area contributed by atoms with E-state index in [2.05, 4.69) is 10.6 Å². The second kappa shape index (κ2) is 11.2. The zero-order valence-electron chi connectivity index (χ0n) is 13.5. The number of hydrogen-bond donors (Lipinski definition) is 2. The molecule has 1 aromatic rings. The average Bonchev–Trinajstić information content (AvgIpc) is 2.57. The first-order valence-electron chi connectivity index (χ1n) is 7.89. The van der Waals surface area contributed by atoms with E-state index in [-0.39, 0.29) is 18.4 Å². The van der Waals surface area contributed by atoms with Gasteiger partial charge in [-0.3, -0.25) is 14.4 Å². The van der Waals surface area contributed by atoms with Crippen molar-refractivity contribution in [1.29, 1.82) is 0 Å². The monoisotopic (exact) mass is 320 g/mol. The summed E-state index contributed by atoms with van der Waals surface area (Å²) in [5, 5.41) is 5.36. The van der Waals surface area contributed by atoms with Crippen LogP contribution in [0.2, 0.25) is 0 Å². The molecule has 0 atom stereocenters. The predicted molar refractivity (Wildman–Crippen MR) is 86.9 cm³/mol. The highest BCUT2D eigenvalue weighted by Gasteiger charge is 2.06. The number of hydrogen-bond acceptors (Lipinski definition) is 4. The maximum absolute atomic E-state index is 11.8. The minimum atomic E-state index is -0.426. The number of amides is 2. The Labute approximate surface area is 136 Å². The maximum Gasteiger partial charge on any atom is 0.325 e. The van der Waals surface area contributed by atoms with E-state index in [1.807, 2.05) is 18.2 Å². The number of esters is 1. The first kappa shape index (κ1) is 18.7. The standard InChI is InChI=1S/C17H24N2O4/c1-2-23-16(21)13-19-15(20)11-7-4-8-12-18-17(22)14-9-5-3-6-10-14/h3,5-6,9-10H,2,4,7-8,11-13H2,1H3,(H,18,22)(H,19,20). The average molecular weight is 320 g/mol. The van der Waals surface area contributed by atoms with Gasteiger partial charge in [0.15, 0.2) is 0 Å². The molecule has 2 N–H and O–H groups in total. The van der Waals surface area contributed by atoms with Crippen LogP contribution in [0, 0.1) is 0 Å². The van der Waals surface area contributed by atoms with Crippen molar-refractivity contribution in [3.8, 4) is 0 Å². The molecule has 0 radical (unpaired) electrons. The fraction of sp³-hybridized carbons (Fsp3) is 0.471. The van der Waals surface area contributed by atoms with Crippen molar-refractivity contribution in [1.82, 2.24) is 10.6 Å². The fourth-order valence-corrected chi connectivity index (χ4v) is 1.95. The van der Waals surface area contributed by atoms with Gasteiger partial charge in [0.05, 0.1) is 6.61 Å². The van der Waals surface area contributed by atoms with Gasteiger partial charge in [-0.15, -0.1) is 0 Å². The lowest BCUT2D eigenvalue weighted by molar-refractivity contribution is -0.143. The van der Waals surface area contributed by atoms with Crippen LogP contribution in [0.25, 0.3) is 0 Å². The van der Waals surface area contributed by atoms with Crippen molar-refractivity contribution in [2.75, 3.05) is 19.7 Å². The molecule has 0 saturated carbocycles. The highest BCUT2D eigenvalue weighted by molar-refractivity contribution is 5.94. The number of rotatable bonds is 10. The molecule has 0 aliphatic carbocycles. The van der Waals surface area contributed by atoms with Crippen LogP contribution >= 0.6 is 0 Å². The van der Waals surface area contributed by atoms with E-state index in [4.69, 9.17) is 4.74 Å². The minimum absolute atomic E-state index is 0.0835. The molecule has 0 fully saturated rings. The Balaban J connectivity index is 2.02. The number of carbonyl (C=O) groups is 3. The number of carbonyl (C=O) groups excluding carboxylic acids is 3. The predicted octanol–water partition coefficient (Wildman–Crippen LogP) is 1.66. The van der Waals surface area contributed by atoms with Crippen molar-refractivity contribution >= 4 is 17.8 Å². The summed E-state index contributed by atoms with van der Waals surface area (Å²) >= 11 is 0. The van der Waals surface area contributed by atoms with Crippen LogP contribution in [0.3, 0.4) is 0 Å². The quantitative estimate of drug-likeness (QED) is 0.507.